The fraction of sp³-hybridized carbons (Fsp3) is 0.235. The fourth-order valence-corrected chi connectivity index (χ4v) is 2.05. The SMILES string of the molecule is CC(C)Cc1ccc(C(=N)c2ccccc2)cc1. The zero-order chi connectivity index (χ0) is 13.0. The molecule has 0 aliphatic carbocycles. The molecule has 0 saturated heterocycles. The average molecular weight is 237 g/mol. The molecule has 18 heavy (non-hydrogen) atoms. The van der Waals surface area contributed by atoms with Crippen molar-refractivity contribution in [3.8, 4) is 0 Å². The number of rotatable bonds is 4. The third-order valence-electron chi connectivity index (χ3n) is 2.95. The second kappa shape index (κ2) is 5.63. The van der Waals surface area contributed by atoms with Crippen LogP contribution in [0.3, 0.4) is 0 Å². The van der Waals surface area contributed by atoms with E-state index in [1.54, 1.807) is 0 Å². The molecule has 0 fully saturated rings. The Hall–Kier alpha value is -1.89. The summed E-state index contributed by atoms with van der Waals surface area (Å²) in [6, 6.07) is 18.2. The predicted molar refractivity (Wildman–Crippen MR) is 77.4 cm³/mol. The molecule has 0 spiro atoms. The monoisotopic (exact) mass is 237 g/mol. The zero-order valence-corrected chi connectivity index (χ0v) is 11.0. The third kappa shape index (κ3) is 3.07. The summed E-state index contributed by atoms with van der Waals surface area (Å²) in [4.78, 5) is 0. The van der Waals surface area contributed by atoms with E-state index in [2.05, 4.69) is 26.0 Å². The Labute approximate surface area is 109 Å². The summed E-state index contributed by atoms with van der Waals surface area (Å²) in [5, 5.41) is 8.18. The van der Waals surface area contributed by atoms with E-state index in [0.29, 0.717) is 11.6 Å². The van der Waals surface area contributed by atoms with Crippen LogP contribution in [0.5, 0.6) is 0 Å². The van der Waals surface area contributed by atoms with Gasteiger partial charge in [0.2, 0.25) is 0 Å². The molecular formula is C17H19N. The van der Waals surface area contributed by atoms with Crippen molar-refractivity contribution in [2.75, 3.05) is 0 Å². The maximum absolute atomic E-state index is 8.18. The highest BCUT2D eigenvalue weighted by Gasteiger charge is 2.04. The number of hydrogen-bond donors (Lipinski definition) is 1. The molecule has 0 atom stereocenters. The predicted octanol–water partition coefficient (Wildman–Crippen LogP) is 4.30. The first-order chi connectivity index (χ1) is 8.66. The van der Waals surface area contributed by atoms with E-state index in [1.165, 1.54) is 5.56 Å². The van der Waals surface area contributed by atoms with E-state index < -0.39 is 0 Å². The molecule has 0 aliphatic rings. The van der Waals surface area contributed by atoms with E-state index >= 15 is 0 Å². The van der Waals surface area contributed by atoms with Crippen molar-refractivity contribution in [2.24, 2.45) is 5.92 Å². The second-order valence-corrected chi connectivity index (χ2v) is 5.04. The van der Waals surface area contributed by atoms with Gasteiger partial charge in [0.05, 0.1) is 5.71 Å². The van der Waals surface area contributed by atoms with Crippen LogP contribution in [0, 0.1) is 11.3 Å². The maximum atomic E-state index is 8.18. The van der Waals surface area contributed by atoms with Crippen LogP contribution < -0.4 is 0 Å². The van der Waals surface area contributed by atoms with Crippen LogP contribution in [-0.2, 0) is 6.42 Å². The summed E-state index contributed by atoms with van der Waals surface area (Å²) in [5.74, 6) is 0.671. The Morgan fingerprint density at radius 2 is 1.44 bits per heavy atom. The lowest BCUT2D eigenvalue weighted by Gasteiger charge is -2.07. The van der Waals surface area contributed by atoms with Gasteiger partial charge < -0.3 is 0 Å². The minimum absolute atomic E-state index is 0.590. The molecule has 1 heteroatoms. The quantitative estimate of drug-likeness (QED) is 0.767. The van der Waals surface area contributed by atoms with E-state index in [1.807, 2.05) is 42.5 Å². The van der Waals surface area contributed by atoms with Crippen molar-refractivity contribution in [3.63, 3.8) is 0 Å². The highest BCUT2D eigenvalue weighted by molar-refractivity contribution is 6.10. The van der Waals surface area contributed by atoms with Crippen molar-refractivity contribution >= 4 is 5.71 Å². The molecule has 0 unspecified atom stereocenters. The van der Waals surface area contributed by atoms with Crippen molar-refractivity contribution in [3.05, 3.63) is 71.3 Å². The molecule has 0 bridgehead atoms. The van der Waals surface area contributed by atoms with Gasteiger partial charge in [0.15, 0.2) is 0 Å². The van der Waals surface area contributed by atoms with Crippen LogP contribution in [0.2, 0.25) is 0 Å². The smallest absolute Gasteiger partial charge is 0.0684 e. The number of nitrogens with one attached hydrogen (secondary N) is 1. The van der Waals surface area contributed by atoms with Crippen LogP contribution in [-0.4, -0.2) is 5.71 Å². The van der Waals surface area contributed by atoms with Gasteiger partial charge in [-0.3, -0.25) is 5.41 Å². The summed E-state index contributed by atoms with van der Waals surface area (Å²) < 4.78 is 0. The van der Waals surface area contributed by atoms with Crippen molar-refractivity contribution in [1.82, 2.24) is 0 Å². The average Bonchev–Trinajstić information content (AvgIpc) is 2.39. The molecule has 0 saturated carbocycles. The molecule has 92 valence electrons. The van der Waals surface area contributed by atoms with Gasteiger partial charge in [0, 0.05) is 5.56 Å². The van der Waals surface area contributed by atoms with Crippen LogP contribution in [0.1, 0.15) is 30.5 Å². The third-order valence-corrected chi connectivity index (χ3v) is 2.95. The maximum Gasteiger partial charge on any atom is 0.0684 e. The molecule has 0 aromatic heterocycles. The molecule has 2 rings (SSSR count). The summed E-state index contributed by atoms with van der Waals surface area (Å²) in [6.07, 6.45) is 1.10. The molecule has 1 N–H and O–H groups in total. The lowest BCUT2D eigenvalue weighted by molar-refractivity contribution is 0.647. The highest BCUT2D eigenvalue weighted by atomic mass is 14.4. The Morgan fingerprint density at radius 3 is 2.00 bits per heavy atom. The normalized spacial score (nSPS) is 10.6. The van der Waals surface area contributed by atoms with Gasteiger partial charge in [-0.1, -0.05) is 68.4 Å². The Bertz CT molecular complexity index is 509. The van der Waals surface area contributed by atoms with Gasteiger partial charge in [-0.05, 0) is 23.5 Å². The minimum atomic E-state index is 0.590. The van der Waals surface area contributed by atoms with Gasteiger partial charge in [-0.2, -0.15) is 0 Å². The summed E-state index contributed by atoms with van der Waals surface area (Å²) in [7, 11) is 0. The van der Waals surface area contributed by atoms with E-state index in [9.17, 15) is 0 Å². The van der Waals surface area contributed by atoms with Crippen LogP contribution in [0.15, 0.2) is 54.6 Å². The van der Waals surface area contributed by atoms with Gasteiger partial charge in [0.1, 0.15) is 0 Å². The topological polar surface area (TPSA) is 23.9 Å². The second-order valence-electron chi connectivity index (χ2n) is 5.04. The molecule has 0 aliphatic heterocycles. The van der Waals surface area contributed by atoms with Gasteiger partial charge in [-0.15, -0.1) is 0 Å². The van der Waals surface area contributed by atoms with Crippen molar-refractivity contribution in [1.29, 1.82) is 5.41 Å². The lowest BCUT2D eigenvalue weighted by atomic mass is 9.98. The standard InChI is InChI=1S/C17H19N/c1-13(2)12-14-8-10-16(11-9-14)17(18)15-6-4-3-5-7-15/h3-11,13,18H,12H2,1-2H3. The first-order valence-electron chi connectivity index (χ1n) is 6.40. The van der Waals surface area contributed by atoms with Crippen LogP contribution >= 0.6 is 0 Å². The minimum Gasteiger partial charge on any atom is -0.300 e. The molecule has 0 radical (unpaired) electrons. The largest absolute Gasteiger partial charge is 0.300 e. The first kappa shape index (κ1) is 12.6. The Balaban J connectivity index is 2.17. The molecule has 0 heterocycles. The first-order valence-corrected chi connectivity index (χ1v) is 6.40. The van der Waals surface area contributed by atoms with E-state index in [4.69, 9.17) is 5.41 Å². The summed E-state index contributed by atoms with van der Waals surface area (Å²) in [6.45, 7) is 4.44. The van der Waals surface area contributed by atoms with Gasteiger partial charge in [-0.25, -0.2) is 0 Å². The molecule has 1 nitrogen and oxygen atoms in total. The van der Waals surface area contributed by atoms with Crippen molar-refractivity contribution in [2.45, 2.75) is 20.3 Å². The Kier molecular flexibility index (Phi) is 3.93. The number of hydrogen-bond acceptors (Lipinski definition) is 1. The van der Waals surface area contributed by atoms with Gasteiger partial charge in [0.25, 0.3) is 0 Å². The Morgan fingerprint density at radius 1 is 0.889 bits per heavy atom. The van der Waals surface area contributed by atoms with Crippen molar-refractivity contribution < 1.29 is 0 Å². The van der Waals surface area contributed by atoms with Gasteiger partial charge >= 0.3 is 0 Å². The summed E-state index contributed by atoms with van der Waals surface area (Å²) in [5.41, 5.74) is 3.88. The molecule has 2 aromatic rings. The van der Waals surface area contributed by atoms with Crippen LogP contribution in [0.25, 0.3) is 0 Å². The molecular weight excluding hydrogens is 218 g/mol. The van der Waals surface area contributed by atoms with E-state index in [-0.39, 0.29) is 0 Å². The molecule has 0 amide bonds. The lowest BCUT2D eigenvalue weighted by Crippen LogP contribution is -2.01. The van der Waals surface area contributed by atoms with Crippen LogP contribution in [0.4, 0.5) is 0 Å². The van der Waals surface area contributed by atoms with E-state index in [0.717, 1.165) is 17.5 Å². The zero-order valence-electron chi connectivity index (χ0n) is 11.0. The number of benzene rings is 2. The highest BCUT2D eigenvalue weighted by Crippen LogP contribution is 2.13. The fourth-order valence-electron chi connectivity index (χ4n) is 2.05. The molecule has 2 aromatic carbocycles. The summed E-state index contributed by atoms with van der Waals surface area (Å²) >= 11 is 0.